The van der Waals surface area contributed by atoms with Crippen LogP contribution in [0.15, 0.2) is 22.5 Å². The van der Waals surface area contributed by atoms with Gasteiger partial charge in [-0.05, 0) is 38.6 Å². The predicted octanol–water partition coefficient (Wildman–Crippen LogP) is 2.89. The van der Waals surface area contributed by atoms with Crippen molar-refractivity contribution in [2.75, 3.05) is 26.7 Å². The number of hydrogen-bond acceptors (Lipinski definition) is 3. The molecule has 6 heteroatoms. The molecule has 0 atom stereocenters. The molecule has 0 radical (unpaired) electrons. The summed E-state index contributed by atoms with van der Waals surface area (Å²) in [5.74, 6) is 0.851. The van der Waals surface area contributed by atoms with Gasteiger partial charge >= 0.3 is 0 Å². The van der Waals surface area contributed by atoms with Crippen LogP contribution >= 0.6 is 35.3 Å². The number of guanidine groups is 1. The SMILES string of the molecule is CCNC(=NCC(C)(C)OC)NCCc1cccs1.I. The Morgan fingerprint density at radius 3 is 2.70 bits per heavy atom. The third kappa shape index (κ3) is 8.06. The van der Waals surface area contributed by atoms with Gasteiger partial charge in [0, 0.05) is 25.1 Å². The second-order valence-corrected chi connectivity index (χ2v) is 5.95. The Kier molecular flexibility index (Phi) is 10.2. The Hall–Kier alpha value is -0.340. The van der Waals surface area contributed by atoms with Gasteiger partial charge < -0.3 is 15.4 Å². The Bertz CT molecular complexity index is 380. The molecule has 0 fully saturated rings. The standard InChI is InChI=1S/C14H25N3OS.HI/c1-5-15-13(17-11-14(2,3)18-4)16-9-8-12-7-6-10-19-12;/h6-7,10H,5,8-9,11H2,1-4H3,(H2,15,16,17);1H. The summed E-state index contributed by atoms with van der Waals surface area (Å²) in [6.45, 7) is 8.52. The Labute approximate surface area is 143 Å². The molecular formula is C14H26IN3OS. The molecule has 1 rings (SSSR count). The third-order valence-electron chi connectivity index (χ3n) is 2.76. The number of rotatable bonds is 7. The highest BCUT2D eigenvalue weighted by molar-refractivity contribution is 14.0. The topological polar surface area (TPSA) is 45.7 Å². The monoisotopic (exact) mass is 411 g/mol. The summed E-state index contributed by atoms with van der Waals surface area (Å²) in [7, 11) is 1.71. The van der Waals surface area contributed by atoms with Gasteiger partial charge in [0.25, 0.3) is 0 Å². The van der Waals surface area contributed by atoms with Crippen molar-refractivity contribution in [3.8, 4) is 0 Å². The fourth-order valence-corrected chi connectivity index (χ4v) is 2.14. The highest BCUT2D eigenvalue weighted by Crippen LogP contribution is 2.08. The summed E-state index contributed by atoms with van der Waals surface area (Å²) in [5.41, 5.74) is -0.226. The molecule has 0 unspecified atom stereocenters. The van der Waals surface area contributed by atoms with Crippen molar-refractivity contribution < 1.29 is 4.74 Å². The number of methoxy groups -OCH3 is 1. The Morgan fingerprint density at radius 2 is 2.15 bits per heavy atom. The fraction of sp³-hybridized carbons (Fsp3) is 0.643. The summed E-state index contributed by atoms with van der Waals surface area (Å²) >= 11 is 1.79. The first-order valence-corrected chi connectivity index (χ1v) is 7.55. The van der Waals surface area contributed by atoms with Crippen LogP contribution in [0.4, 0.5) is 0 Å². The molecule has 0 amide bonds. The fourth-order valence-electron chi connectivity index (χ4n) is 1.43. The normalized spacial score (nSPS) is 11.9. The smallest absolute Gasteiger partial charge is 0.191 e. The second-order valence-electron chi connectivity index (χ2n) is 4.92. The maximum Gasteiger partial charge on any atom is 0.191 e. The summed E-state index contributed by atoms with van der Waals surface area (Å²) in [6.07, 6.45) is 1.02. The van der Waals surface area contributed by atoms with E-state index in [-0.39, 0.29) is 29.6 Å². The summed E-state index contributed by atoms with van der Waals surface area (Å²) in [4.78, 5) is 5.94. The zero-order chi connectivity index (χ0) is 14.1. The van der Waals surface area contributed by atoms with E-state index in [1.54, 1.807) is 18.4 Å². The van der Waals surface area contributed by atoms with Gasteiger partial charge in [0.2, 0.25) is 0 Å². The molecule has 4 nitrogen and oxygen atoms in total. The Morgan fingerprint density at radius 1 is 1.40 bits per heavy atom. The summed E-state index contributed by atoms with van der Waals surface area (Å²) in [6, 6.07) is 4.24. The van der Waals surface area contributed by atoms with Crippen LogP contribution < -0.4 is 10.6 Å². The van der Waals surface area contributed by atoms with E-state index in [4.69, 9.17) is 4.74 Å². The van der Waals surface area contributed by atoms with Gasteiger partial charge in [-0.15, -0.1) is 35.3 Å². The van der Waals surface area contributed by atoms with E-state index < -0.39 is 0 Å². The lowest BCUT2D eigenvalue weighted by Crippen LogP contribution is -2.40. The molecule has 0 aliphatic heterocycles. The first-order valence-electron chi connectivity index (χ1n) is 6.67. The molecule has 20 heavy (non-hydrogen) atoms. The molecule has 1 aromatic heterocycles. The first kappa shape index (κ1) is 19.7. The van der Waals surface area contributed by atoms with E-state index in [2.05, 4.69) is 40.1 Å². The highest BCUT2D eigenvalue weighted by Gasteiger charge is 2.15. The lowest BCUT2D eigenvalue weighted by atomic mass is 10.1. The maximum atomic E-state index is 5.37. The van der Waals surface area contributed by atoms with Crippen LogP contribution in [0.5, 0.6) is 0 Å². The lowest BCUT2D eigenvalue weighted by Gasteiger charge is -2.21. The molecule has 2 N–H and O–H groups in total. The molecule has 0 saturated heterocycles. The molecule has 116 valence electrons. The molecule has 0 aromatic carbocycles. The van der Waals surface area contributed by atoms with E-state index in [9.17, 15) is 0 Å². The van der Waals surface area contributed by atoms with E-state index >= 15 is 0 Å². The first-order chi connectivity index (χ1) is 9.07. The highest BCUT2D eigenvalue weighted by atomic mass is 127. The van der Waals surface area contributed by atoms with Crippen LogP contribution in [0.1, 0.15) is 25.6 Å². The van der Waals surface area contributed by atoms with Crippen LogP contribution in [0, 0.1) is 0 Å². The van der Waals surface area contributed by atoms with Gasteiger partial charge in [-0.1, -0.05) is 6.07 Å². The van der Waals surface area contributed by atoms with Gasteiger partial charge in [-0.25, -0.2) is 0 Å². The predicted molar refractivity (Wildman–Crippen MR) is 98.5 cm³/mol. The molecule has 0 saturated carbocycles. The van der Waals surface area contributed by atoms with Crippen molar-refractivity contribution in [2.45, 2.75) is 32.8 Å². The Balaban J connectivity index is 0.00000361. The summed E-state index contributed by atoms with van der Waals surface area (Å²) in [5, 5.41) is 8.70. The van der Waals surface area contributed by atoms with E-state index in [1.807, 2.05) is 13.8 Å². The lowest BCUT2D eigenvalue weighted by molar-refractivity contribution is 0.0310. The van der Waals surface area contributed by atoms with Gasteiger partial charge in [-0.3, -0.25) is 4.99 Å². The zero-order valence-electron chi connectivity index (χ0n) is 12.7. The number of hydrogen-bond donors (Lipinski definition) is 2. The zero-order valence-corrected chi connectivity index (χ0v) is 15.9. The number of aliphatic imine (C=N–C) groups is 1. The number of thiophene rings is 1. The minimum atomic E-state index is -0.226. The van der Waals surface area contributed by atoms with E-state index in [0.29, 0.717) is 6.54 Å². The van der Waals surface area contributed by atoms with Crippen molar-refractivity contribution in [2.24, 2.45) is 4.99 Å². The van der Waals surface area contributed by atoms with Crippen LogP contribution in [-0.2, 0) is 11.2 Å². The van der Waals surface area contributed by atoms with Crippen molar-refractivity contribution in [3.63, 3.8) is 0 Å². The largest absolute Gasteiger partial charge is 0.377 e. The van der Waals surface area contributed by atoms with Gasteiger partial charge in [0.1, 0.15) is 0 Å². The van der Waals surface area contributed by atoms with Crippen molar-refractivity contribution >= 4 is 41.3 Å². The van der Waals surface area contributed by atoms with Crippen LogP contribution in [0.2, 0.25) is 0 Å². The molecule has 1 heterocycles. The molecular weight excluding hydrogens is 385 g/mol. The quantitative estimate of drug-likeness (QED) is 0.412. The average Bonchev–Trinajstić information content (AvgIpc) is 2.89. The second kappa shape index (κ2) is 10.4. The van der Waals surface area contributed by atoms with Crippen molar-refractivity contribution in [1.29, 1.82) is 0 Å². The molecule has 0 bridgehead atoms. The summed E-state index contributed by atoms with van der Waals surface area (Å²) < 4.78 is 5.37. The van der Waals surface area contributed by atoms with Crippen LogP contribution in [-0.4, -0.2) is 38.3 Å². The molecule has 1 aromatic rings. The van der Waals surface area contributed by atoms with Gasteiger partial charge in [0.15, 0.2) is 5.96 Å². The maximum absolute atomic E-state index is 5.37. The number of halogens is 1. The van der Waals surface area contributed by atoms with E-state index in [0.717, 1.165) is 25.5 Å². The van der Waals surface area contributed by atoms with Gasteiger partial charge in [0.05, 0.1) is 12.1 Å². The van der Waals surface area contributed by atoms with Crippen LogP contribution in [0.3, 0.4) is 0 Å². The average molecular weight is 411 g/mol. The molecule has 0 spiro atoms. The minimum Gasteiger partial charge on any atom is -0.377 e. The third-order valence-corrected chi connectivity index (χ3v) is 3.69. The number of nitrogens with zero attached hydrogens (tertiary/aromatic N) is 1. The van der Waals surface area contributed by atoms with Crippen molar-refractivity contribution in [1.82, 2.24) is 10.6 Å². The molecule has 0 aliphatic rings. The number of ether oxygens (including phenoxy) is 1. The van der Waals surface area contributed by atoms with Gasteiger partial charge in [-0.2, -0.15) is 0 Å². The number of nitrogens with one attached hydrogen (secondary N) is 2. The van der Waals surface area contributed by atoms with Crippen LogP contribution in [0.25, 0.3) is 0 Å². The minimum absolute atomic E-state index is 0. The molecule has 0 aliphatic carbocycles. The van der Waals surface area contributed by atoms with Crippen molar-refractivity contribution in [3.05, 3.63) is 22.4 Å². The van der Waals surface area contributed by atoms with E-state index in [1.165, 1.54) is 4.88 Å².